The van der Waals surface area contributed by atoms with Gasteiger partial charge in [0.2, 0.25) is 11.9 Å². The quantitative estimate of drug-likeness (QED) is 0.524. The molecular weight excluding hydrogens is 400 g/mol. The Bertz CT molecular complexity index is 934. The number of carboxylic acid groups (broad SMARTS) is 1. The zero-order valence-corrected chi connectivity index (χ0v) is 17.8. The molecule has 1 aromatic heterocycles. The Morgan fingerprint density at radius 2 is 2.00 bits per heavy atom. The highest BCUT2D eigenvalue weighted by atomic mass is 16.3. The van der Waals surface area contributed by atoms with Crippen molar-refractivity contribution in [2.75, 3.05) is 24.1 Å². The van der Waals surface area contributed by atoms with Crippen LogP contribution in [-0.4, -0.2) is 63.4 Å². The molecule has 1 aromatic carbocycles. The summed E-state index contributed by atoms with van der Waals surface area (Å²) in [6.45, 7) is 6.41. The molecule has 10 nitrogen and oxygen atoms in total. The summed E-state index contributed by atoms with van der Waals surface area (Å²) in [7, 11) is 0. The molecule has 1 atom stereocenters. The molecule has 1 saturated heterocycles. The molecule has 0 aliphatic carbocycles. The van der Waals surface area contributed by atoms with Crippen molar-refractivity contribution >= 4 is 30.1 Å². The number of rotatable bonds is 5. The molecule has 2 aromatic rings. The third kappa shape index (κ3) is 6.95. The summed E-state index contributed by atoms with van der Waals surface area (Å²) in [5.74, 6) is 0.688. The van der Waals surface area contributed by atoms with E-state index in [-0.39, 0.29) is 36.3 Å². The highest BCUT2D eigenvalue weighted by Crippen LogP contribution is 2.23. The number of nitrogen functional groups attached to an aromatic ring is 1. The maximum Gasteiger partial charge on any atom is 0.290 e. The van der Waals surface area contributed by atoms with Crippen LogP contribution in [0.2, 0.25) is 0 Å². The topological polar surface area (TPSA) is 151 Å². The van der Waals surface area contributed by atoms with E-state index in [0.29, 0.717) is 30.2 Å². The van der Waals surface area contributed by atoms with Crippen molar-refractivity contribution in [2.45, 2.75) is 39.3 Å². The number of anilines is 2. The van der Waals surface area contributed by atoms with E-state index in [4.69, 9.17) is 15.6 Å². The second-order valence-corrected chi connectivity index (χ2v) is 7.42. The normalized spacial score (nSPS) is 15.1. The van der Waals surface area contributed by atoms with E-state index in [1.54, 1.807) is 11.0 Å². The van der Waals surface area contributed by atoms with Gasteiger partial charge in [-0.25, -0.2) is 4.98 Å². The standard InChI is InChI=1S/C20H26N6O2.CH2O2/c1-12(2)22-18-10-17(24-20(21)25-18)14-5-4-6-15(9-14)19(28)26-8-7-16(11-26)23-13(3)27;2-1-3/h4-6,9-10,12,16H,7-8,11H2,1-3H3,(H,23,27)(H3,21,22,24,25);1H,(H,2,3). The molecular formula is C21H28N6O4. The maximum atomic E-state index is 12.9. The summed E-state index contributed by atoms with van der Waals surface area (Å²) < 4.78 is 0. The summed E-state index contributed by atoms with van der Waals surface area (Å²) in [4.78, 5) is 42.7. The van der Waals surface area contributed by atoms with E-state index in [0.717, 1.165) is 12.0 Å². The van der Waals surface area contributed by atoms with Crippen LogP contribution in [0.3, 0.4) is 0 Å². The molecule has 2 heterocycles. The van der Waals surface area contributed by atoms with Gasteiger partial charge < -0.3 is 26.4 Å². The van der Waals surface area contributed by atoms with Crippen LogP contribution in [0.25, 0.3) is 11.3 Å². The summed E-state index contributed by atoms with van der Waals surface area (Å²) in [6.07, 6.45) is 0.762. The fourth-order valence-electron chi connectivity index (χ4n) is 3.33. The van der Waals surface area contributed by atoms with Gasteiger partial charge in [-0.2, -0.15) is 4.98 Å². The molecule has 2 amide bonds. The number of nitrogens with zero attached hydrogens (tertiary/aromatic N) is 3. The number of carbonyl (C=O) groups excluding carboxylic acids is 2. The lowest BCUT2D eigenvalue weighted by atomic mass is 10.1. The average molecular weight is 428 g/mol. The van der Waals surface area contributed by atoms with Crippen LogP contribution in [0, 0.1) is 0 Å². The minimum atomic E-state index is -0.250. The van der Waals surface area contributed by atoms with Gasteiger partial charge in [-0.15, -0.1) is 0 Å². The molecule has 31 heavy (non-hydrogen) atoms. The molecule has 1 aliphatic heterocycles. The first-order chi connectivity index (χ1) is 14.7. The van der Waals surface area contributed by atoms with Crippen LogP contribution in [0.15, 0.2) is 30.3 Å². The van der Waals surface area contributed by atoms with Crippen molar-refractivity contribution in [1.82, 2.24) is 20.2 Å². The first-order valence-electron chi connectivity index (χ1n) is 9.89. The van der Waals surface area contributed by atoms with Crippen molar-refractivity contribution in [3.63, 3.8) is 0 Å². The SMILES string of the molecule is CC(=O)NC1CCN(C(=O)c2cccc(-c3cc(NC(C)C)nc(N)n3)c2)C1.O=CO. The smallest absolute Gasteiger partial charge is 0.290 e. The Balaban J connectivity index is 0.00000107. The molecule has 0 bridgehead atoms. The predicted molar refractivity (Wildman–Crippen MR) is 117 cm³/mol. The predicted octanol–water partition coefficient (Wildman–Crippen LogP) is 1.60. The third-order valence-electron chi connectivity index (χ3n) is 4.47. The molecule has 5 N–H and O–H groups in total. The summed E-state index contributed by atoms with van der Waals surface area (Å²) in [6, 6.07) is 9.37. The van der Waals surface area contributed by atoms with Crippen LogP contribution in [0.5, 0.6) is 0 Å². The largest absolute Gasteiger partial charge is 0.483 e. The Kier molecular flexibility index (Phi) is 8.30. The van der Waals surface area contributed by atoms with Gasteiger partial charge in [0.05, 0.1) is 5.69 Å². The average Bonchev–Trinajstić information content (AvgIpc) is 3.15. The van der Waals surface area contributed by atoms with E-state index in [1.807, 2.05) is 38.1 Å². The lowest BCUT2D eigenvalue weighted by molar-refractivity contribution is -0.123. The number of carbonyl (C=O) groups is 3. The number of hydrogen-bond acceptors (Lipinski definition) is 7. The van der Waals surface area contributed by atoms with Crippen molar-refractivity contribution < 1.29 is 19.5 Å². The van der Waals surface area contributed by atoms with Gasteiger partial charge >= 0.3 is 0 Å². The maximum absolute atomic E-state index is 12.9. The number of amides is 2. The lowest BCUT2D eigenvalue weighted by Crippen LogP contribution is -2.37. The fourth-order valence-corrected chi connectivity index (χ4v) is 3.33. The molecule has 0 saturated carbocycles. The highest BCUT2D eigenvalue weighted by Gasteiger charge is 2.27. The van der Waals surface area contributed by atoms with Crippen molar-refractivity contribution in [3.8, 4) is 11.3 Å². The zero-order chi connectivity index (χ0) is 23.0. The van der Waals surface area contributed by atoms with Gasteiger partial charge in [-0.3, -0.25) is 14.4 Å². The Morgan fingerprint density at radius 3 is 2.65 bits per heavy atom. The number of aromatic nitrogens is 2. The second-order valence-electron chi connectivity index (χ2n) is 7.42. The molecule has 3 rings (SSSR count). The van der Waals surface area contributed by atoms with E-state index in [1.165, 1.54) is 6.92 Å². The molecule has 1 aliphatic rings. The summed E-state index contributed by atoms with van der Waals surface area (Å²) in [5, 5.41) is 13.0. The van der Waals surface area contributed by atoms with Crippen LogP contribution in [0.4, 0.5) is 11.8 Å². The van der Waals surface area contributed by atoms with E-state index < -0.39 is 0 Å². The van der Waals surface area contributed by atoms with Crippen LogP contribution >= 0.6 is 0 Å². The second kappa shape index (κ2) is 10.9. The number of hydrogen-bond donors (Lipinski definition) is 4. The highest BCUT2D eigenvalue weighted by molar-refractivity contribution is 5.95. The molecule has 0 spiro atoms. The van der Waals surface area contributed by atoms with Gasteiger partial charge in [0.15, 0.2) is 0 Å². The number of nitrogens with one attached hydrogen (secondary N) is 2. The molecule has 10 heteroatoms. The van der Waals surface area contributed by atoms with E-state index in [9.17, 15) is 9.59 Å². The minimum Gasteiger partial charge on any atom is -0.483 e. The van der Waals surface area contributed by atoms with Crippen LogP contribution in [0.1, 0.15) is 37.6 Å². The molecule has 166 valence electrons. The van der Waals surface area contributed by atoms with Crippen LogP contribution < -0.4 is 16.4 Å². The van der Waals surface area contributed by atoms with Gasteiger partial charge in [-0.1, -0.05) is 12.1 Å². The van der Waals surface area contributed by atoms with Gasteiger partial charge in [0.1, 0.15) is 5.82 Å². The zero-order valence-electron chi connectivity index (χ0n) is 17.8. The Labute approximate surface area is 180 Å². The van der Waals surface area contributed by atoms with E-state index in [2.05, 4.69) is 20.6 Å². The minimum absolute atomic E-state index is 0.0101. The number of nitrogens with two attached hydrogens (primary N) is 1. The van der Waals surface area contributed by atoms with Gasteiger partial charge in [-0.05, 0) is 32.4 Å². The van der Waals surface area contributed by atoms with Crippen molar-refractivity contribution in [1.29, 1.82) is 0 Å². The monoisotopic (exact) mass is 428 g/mol. The van der Waals surface area contributed by atoms with E-state index >= 15 is 0 Å². The van der Waals surface area contributed by atoms with Gasteiger partial charge in [0.25, 0.3) is 12.4 Å². The number of likely N-dealkylation sites (tertiary alicyclic amines) is 1. The van der Waals surface area contributed by atoms with Gasteiger partial charge in [0, 0.05) is 49.3 Å². The summed E-state index contributed by atoms with van der Waals surface area (Å²) >= 11 is 0. The fraction of sp³-hybridized carbons (Fsp3) is 0.381. The Morgan fingerprint density at radius 1 is 1.29 bits per heavy atom. The summed E-state index contributed by atoms with van der Waals surface area (Å²) in [5.41, 5.74) is 7.88. The molecule has 1 unspecified atom stereocenters. The van der Waals surface area contributed by atoms with Crippen molar-refractivity contribution in [3.05, 3.63) is 35.9 Å². The van der Waals surface area contributed by atoms with Crippen LogP contribution in [-0.2, 0) is 9.59 Å². The first-order valence-corrected chi connectivity index (χ1v) is 9.89. The van der Waals surface area contributed by atoms with Crippen molar-refractivity contribution in [2.24, 2.45) is 0 Å². The third-order valence-corrected chi connectivity index (χ3v) is 4.47. The molecule has 0 radical (unpaired) electrons. The first kappa shape index (κ1) is 23.6. The lowest BCUT2D eigenvalue weighted by Gasteiger charge is -2.17. The number of benzene rings is 1. The Hall–Kier alpha value is -3.69. The molecule has 1 fully saturated rings.